The monoisotopic (exact) mass is 389 g/mol. The lowest BCUT2D eigenvalue weighted by Crippen LogP contribution is -2.34. The van der Waals surface area contributed by atoms with Gasteiger partial charge in [-0.15, -0.1) is 0 Å². The average molecular weight is 390 g/mol. The molecule has 0 saturated heterocycles. The van der Waals surface area contributed by atoms with Crippen LogP contribution in [0.15, 0.2) is 48.5 Å². The molecule has 0 aliphatic rings. The van der Waals surface area contributed by atoms with Crippen molar-refractivity contribution >= 4 is 52.1 Å². The molecule has 5 nitrogen and oxygen atoms in total. The van der Waals surface area contributed by atoms with Gasteiger partial charge in [-0.2, -0.15) is 0 Å². The fraction of sp³-hybridized carbons (Fsp3) is 0.211. The van der Waals surface area contributed by atoms with Gasteiger partial charge >= 0.3 is 0 Å². The number of hydrogen-bond acceptors (Lipinski definition) is 3. The largest absolute Gasteiger partial charge is 0.332 e. The normalized spacial score (nSPS) is 10.3. The minimum Gasteiger partial charge on any atom is -0.332 e. The Balaban J connectivity index is 1.90. The lowest BCUT2D eigenvalue weighted by atomic mass is 10.1. The zero-order chi connectivity index (χ0) is 19.1. The quantitative estimate of drug-likeness (QED) is 0.660. The molecule has 7 heteroatoms. The number of thiocarbonyl (C=S) groups is 1. The van der Waals surface area contributed by atoms with Crippen molar-refractivity contribution in [1.82, 2.24) is 5.32 Å². The van der Waals surface area contributed by atoms with Crippen LogP contribution in [-0.4, -0.2) is 16.9 Å². The number of anilines is 2. The minimum atomic E-state index is -0.384. The van der Waals surface area contributed by atoms with E-state index in [4.69, 9.17) is 23.8 Å². The van der Waals surface area contributed by atoms with E-state index in [1.807, 2.05) is 13.8 Å². The molecule has 0 aromatic heterocycles. The van der Waals surface area contributed by atoms with E-state index in [9.17, 15) is 9.59 Å². The Bertz CT molecular complexity index is 807. The molecule has 3 N–H and O–H groups in total. The number of carbonyl (C=O) groups excluding carboxylic acids is 2. The van der Waals surface area contributed by atoms with Crippen LogP contribution in [0.2, 0.25) is 5.02 Å². The minimum absolute atomic E-state index is 0.0248. The molecule has 0 atom stereocenters. The van der Waals surface area contributed by atoms with Crippen molar-refractivity contribution in [2.75, 3.05) is 10.6 Å². The van der Waals surface area contributed by atoms with E-state index in [0.717, 1.165) is 0 Å². The van der Waals surface area contributed by atoms with Gasteiger partial charge in [0.05, 0.1) is 10.6 Å². The molecule has 2 amide bonds. The number of hydrogen-bond donors (Lipinski definition) is 3. The summed E-state index contributed by atoms with van der Waals surface area (Å²) in [7, 11) is 0. The van der Waals surface area contributed by atoms with Crippen LogP contribution in [-0.2, 0) is 4.79 Å². The molecule has 0 unspecified atom stereocenters. The molecule has 0 saturated carbocycles. The molecule has 0 aliphatic heterocycles. The van der Waals surface area contributed by atoms with Crippen LogP contribution >= 0.6 is 23.8 Å². The van der Waals surface area contributed by atoms with Gasteiger partial charge in [0.25, 0.3) is 5.91 Å². The molecule has 0 spiro atoms. The number of carbonyl (C=O) groups is 2. The van der Waals surface area contributed by atoms with Gasteiger partial charge in [0, 0.05) is 17.8 Å². The SMILES string of the molecule is CC(C)CC(=O)Nc1ccc(NC(=S)NC(=O)c2ccccc2Cl)cc1. The first kappa shape index (κ1) is 19.9. The molecule has 0 bridgehead atoms. The first-order valence-corrected chi connectivity index (χ1v) is 8.90. The van der Waals surface area contributed by atoms with Crippen molar-refractivity contribution < 1.29 is 9.59 Å². The Morgan fingerprint density at radius 3 is 2.15 bits per heavy atom. The molecule has 0 aliphatic carbocycles. The molecule has 2 aromatic carbocycles. The fourth-order valence-corrected chi connectivity index (χ4v) is 2.63. The second-order valence-electron chi connectivity index (χ2n) is 6.11. The highest BCUT2D eigenvalue weighted by molar-refractivity contribution is 7.80. The number of rotatable bonds is 5. The van der Waals surface area contributed by atoms with Gasteiger partial charge in [0.1, 0.15) is 0 Å². The lowest BCUT2D eigenvalue weighted by molar-refractivity contribution is -0.116. The van der Waals surface area contributed by atoms with Crippen LogP contribution in [0.4, 0.5) is 11.4 Å². The number of halogens is 1. The number of nitrogens with one attached hydrogen (secondary N) is 3. The van der Waals surface area contributed by atoms with Gasteiger partial charge in [-0.05, 0) is 54.5 Å². The van der Waals surface area contributed by atoms with Gasteiger partial charge in [-0.25, -0.2) is 0 Å². The highest BCUT2D eigenvalue weighted by atomic mass is 35.5. The van der Waals surface area contributed by atoms with Gasteiger partial charge in [0.2, 0.25) is 5.91 Å². The summed E-state index contributed by atoms with van der Waals surface area (Å²) in [6.07, 6.45) is 0.470. The van der Waals surface area contributed by atoms with E-state index in [1.54, 1.807) is 48.5 Å². The van der Waals surface area contributed by atoms with Gasteiger partial charge in [-0.1, -0.05) is 37.6 Å². The second-order valence-corrected chi connectivity index (χ2v) is 6.93. The van der Waals surface area contributed by atoms with Crippen LogP contribution in [0.25, 0.3) is 0 Å². The molecule has 0 fully saturated rings. The second kappa shape index (κ2) is 9.31. The van der Waals surface area contributed by atoms with E-state index in [0.29, 0.717) is 34.3 Å². The molecular formula is C19H20ClN3O2S. The highest BCUT2D eigenvalue weighted by Crippen LogP contribution is 2.16. The summed E-state index contributed by atoms with van der Waals surface area (Å²) in [6, 6.07) is 13.8. The zero-order valence-corrected chi connectivity index (χ0v) is 16.1. The van der Waals surface area contributed by atoms with Crippen LogP contribution in [0.1, 0.15) is 30.6 Å². The fourth-order valence-electron chi connectivity index (χ4n) is 2.20. The molecule has 2 aromatic rings. The maximum atomic E-state index is 12.2. The molecule has 0 heterocycles. The summed E-state index contributed by atoms with van der Waals surface area (Å²) in [5.74, 6) is -0.107. The van der Waals surface area contributed by atoms with Crippen LogP contribution in [0.5, 0.6) is 0 Å². The van der Waals surface area contributed by atoms with Crippen molar-refractivity contribution in [2.45, 2.75) is 20.3 Å². The summed E-state index contributed by atoms with van der Waals surface area (Å²) in [5.41, 5.74) is 1.74. The standard InChI is InChI=1S/C19H20ClN3O2S/c1-12(2)11-17(24)21-13-7-9-14(10-8-13)22-19(26)23-18(25)15-5-3-4-6-16(15)20/h3-10,12H,11H2,1-2H3,(H,21,24)(H2,22,23,25,26). The molecule has 26 heavy (non-hydrogen) atoms. The van der Waals surface area contributed by atoms with Crippen LogP contribution < -0.4 is 16.0 Å². The number of benzene rings is 2. The lowest BCUT2D eigenvalue weighted by Gasteiger charge is -2.11. The summed E-state index contributed by atoms with van der Waals surface area (Å²) < 4.78 is 0. The summed E-state index contributed by atoms with van der Waals surface area (Å²) >= 11 is 11.1. The van der Waals surface area contributed by atoms with Crippen molar-refractivity contribution in [2.24, 2.45) is 5.92 Å². The Labute approximate surface area is 163 Å². The Hall–Kier alpha value is -2.44. The number of amides is 2. The predicted octanol–water partition coefficient (Wildman–Crippen LogP) is 4.45. The molecule has 2 rings (SSSR count). The van der Waals surface area contributed by atoms with Gasteiger partial charge in [0.15, 0.2) is 5.11 Å². The third-order valence-electron chi connectivity index (χ3n) is 3.37. The molecule has 136 valence electrons. The van der Waals surface area contributed by atoms with Crippen molar-refractivity contribution in [3.05, 3.63) is 59.1 Å². The average Bonchev–Trinajstić information content (AvgIpc) is 2.56. The molecular weight excluding hydrogens is 370 g/mol. The first-order chi connectivity index (χ1) is 12.3. The first-order valence-electron chi connectivity index (χ1n) is 8.12. The van der Waals surface area contributed by atoms with Crippen molar-refractivity contribution in [3.63, 3.8) is 0 Å². The van der Waals surface area contributed by atoms with E-state index < -0.39 is 0 Å². The van der Waals surface area contributed by atoms with Crippen LogP contribution in [0, 0.1) is 5.92 Å². The van der Waals surface area contributed by atoms with E-state index in [2.05, 4.69) is 16.0 Å². The third-order valence-corrected chi connectivity index (χ3v) is 3.90. The summed E-state index contributed by atoms with van der Waals surface area (Å²) in [5, 5.41) is 8.84. The molecule has 0 radical (unpaired) electrons. The smallest absolute Gasteiger partial charge is 0.258 e. The third kappa shape index (κ3) is 6.13. The van der Waals surface area contributed by atoms with Crippen molar-refractivity contribution in [1.29, 1.82) is 0 Å². The zero-order valence-electron chi connectivity index (χ0n) is 14.5. The van der Waals surface area contributed by atoms with E-state index in [1.165, 1.54) is 0 Å². The maximum absolute atomic E-state index is 12.2. The summed E-state index contributed by atoms with van der Waals surface area (Å²) in [4.78, 5) is 23.9. The topological polar surface area (TPSA) is 70.2 Å². The predicted molar refractivity (Wildman–Crippen MR) is 110 cm³/mol. The maximum Gasteiger partial charge on any atom is 0.258 e. The van der Waals surface area contributed by atoms with E-state index >= 15 is 0 Å². The van der Waals surface area contributed by atoms with Crippen molar-refractivity contribution in [3.8, 4) is 0 Å². The summed E-state index contributed by atoms with van der Waals surface area (Å²) in [6.45, 7) is 3.98. The Kier molecular flexibility index (Phi) is 7.12. The van der Waals surface area contributed by atoms with Gasteiger partial charge < -0.3 is 10.6 Å². The van der Waals surface area contributed by atoms with Crippen LogP contribution in [0.3, 0.4) is 0 Å². The Morgan fingerprint density at radius 2 is 1.58 bits per heavy atom. The van der Waals surface area contributed by atoms with Gasteiger partial charge in [-0.3, -0.25) is 14.9 Å². The van der Waals surface area contributed by atoms with E-state index in [-0.39, 0.29) is 16.9 Å². The highest BCUT2D eigenvalue weighted by Gasteiger charge is 2.11. The Morgan fingerprint density at radius 1 is 1.00 bits per heavy atom.